The van der Waals surface area contributed by atoms with Gasteiger partial charge < -0.3 is 15.0 Å². The summed E-state index contributed by atoms with van der Waals surface area (Å²) in [5, 5.41) is 21.0. The van der Waals surface area contributed by atoms with Crippen molar-refractivity contribution in [1.29, 1.82) is 0 Å². The Morgan fingerprint density at radius 1 is 1.41 bits per heavy atom. The van der Waals surface area contributed by atoms with Crippen molar-refractivity contribution in [3.8, 4) is 0 Å². The summed E-state index contributed by atoms with van der Waals surface area (Å²) in [6.45, 7) is 1.23. The van der Waals surface area contributed by atoms with Crippen LogP contribution in [-0.4, -0.2) is 43.7 Å². The Labute approximate surface area is 156 Å². The summed E-state index contributed by atoms with van der Waals surface area (Å²) < 4.78 is 6.46. The highest BCUT2D eigenvalue weighted by Crippen LogP contribution is 2.34. The van der Waals surface area contributed by atoms with Crippen molar-refractivity contribution in [2.75, 3.05) is 0 Å². The van der Waals surface area contributed by atoms with E-state index in [-0.39, 0.29) is 16.1 Å². The first-order chi connectivity index (χ1) is 12.7. The summed E-state index contributed by atoms with van der Waals surface area (Å²) in [5.41, 5.74) is 4.33. The molecule has 0 fully saturated rings. The number of aromatic nitrogens is 3. The molecule has 1 heterocycles. The standard InChI is InChI=1S/C14H14N6O6S/c1-7(11(21)17-13(15)23)26-12(22)8-3-4-10(9(5-8)20(24)25)27-14-18-16-6-19(14)2/h3-7H,1-2H3,(H3,15,17,21,23). The van der Waals surface area contributed by atoms with Crippen LogP contribution in [0.1, 0.15) is 17.3 Å². The monoisotopic (exact) mass is 394 g/mol. The van der Waals surface area contributed by atoms with Crippen molar-refractivity contribution in [2.24, 2.45) is 12.8 Å². The molecule has 1 atom stereocenters. The number of nitro benzene ring substituents is 1. The van der Waals surface area contributed by atoms with Crippen LogP contribution in [0, 0.1) is 10.1 Å². The average molecular weight is 394 g/mol. The van der Waals surface area contributed by atoms with E-state index in [0.717, 1.165) is 17.8 Å². The summed E-state index contributed by atoms with van der Waals surface area (Å²) >= 11 is 1.00. The number of aryl methyl sites for hydroxylation is 1. The van der Waals surface area contributed by atoms with Gasteiger partial charge in [-0.25, -0.2) is 9.59 Å². The number of rotatable bonds is 6. The molecule has 0 saturated heterocycles. The molecule has 0 saturated carbocycles. The molecule has 0 bridgehead atoms. The molecule has 0 aliphatic rings. The molecule has 27 heavy (non-hydrogen) atoms. The highest BCUT2D eigenvalue weighted by molar-refractivity contribution is 7.99. The number of hydrogen-bond acceptors (Lipinski definition) is 9. The molecule has 142 valence electrons. The van der Waals surface area contributed by atoms with Gasteiger partial charge in [0, 0.05) is 13.1 Å². The van der Waals surface area contributed by atoms with Gasteiger partial charge in [-0.2, -0.15) is 0 Å². The van der Waals surface area contributed by atoms with Gasteiger partial charge in [0.15, 0.2) is 11.3 Å². The molecule has 3 N–H and O–H groups in total. The molecular formula is C14H14N6O6S. The normalized spacial score (nSPS) is 11.5. The Balaban J connectivity index is 2.20. The number of nitrogens with one attached hydrogen (secondary N) is 1. The molecule has 3 amide bonds. The average Bonchev–Trinajstić information content (AvgIpc) is 2.99. The second-order valence-electron chi connectivity index (χ2n) is 5.17. The summed E-state index contributed by atoms with van der Waals surface area (Å²) in [6, 6.07) is 2.61. The van der Waals surface area contributed by atoms with Crippen molar-refractivity contribution < 1.29 is 24.0 Å². The van der Waals surface area contributed by atoms with Crippen LogP contribution < -0.4 is 11.1 Å². The molecule has 0 radical (unpaired) electrons. The first kappa shape index (κ1) is 19.8. The highest BCUT2D eigenvalue weighted by Gasteiger charge is 2.24. The Morgan fingerprint density at radius 3 is 2.67 bits per heavy atom. The molecular weight excluding hydrogens is 380 g/mol. The lowest BCUT2D eigenvalue weighted by Crippen LogP contribution is -2.42. The lowest BCUT2D eigenvalue weighted by Gasteiger charge is -2.12. The zero-order valence-electron chi connectivity index (χ0n) is 14.1. The molecule has 2 aromatic rings. The number of benzene rings is 1. The van der Waals surface area contributed by atoms with E-state index in [4.69, 9.17) is 10.5 Å². The summed E-state index contributed by atoms with van der Waals surface area (Å²) in [7, 11) is 1.68. The van der Waals surface area contributed by atoms with E-state index < -0.39 is 28.9 Å². The van der Waals surface area contributed by atoms with E-state index in [1.54, 1.807) is 16.9 Å². The third-order valence-corrected chi connectivity index (χ3v) is 4.28. The topological polar surface area (TPSA) is 172 Å². The van der Waals surface area contributed by atoms with E-state index in [9.17, 15) is 24.5 Å². The number of carbonyl (C=O) groups is 3. The molecule has 13 heteroatoms. The van der Waals surface area contributed by atoms with Gasteiger partial charge in [0.25, 0.3) is 11.6 Å². The van der Waals surface area contributed by atoms with E-state index >= 15 is 0 Å². The SMILES string of the molecule is CC(OC(=O)c1ccc(Sc2nncn2C)c([N+](=O)[O-])c1)C(=O)NC(N)=O. The lowest BCUT2D eigenvalue weighted by molar-refractivity contribution is -0.387. The van der Waals surface area contributed by atoms with E-state index in [2.05, 4.69) is 10.2 Å². The van der Waals surface area contributed by atoms with Crippen molar-refractivity contribution in [1.82, 2.24) is 20.1 Å². The quantitative estimate of drug-likeness (QED) is 0.404. The van der Waals surface area contributed by atoms with E-state index in [1.165, 1.54) is 25.4 Å². The van der Waals surface area contributed by atoms with Gasteiger partial charge in [-0.15, -0.1) is 10.2 Å². The predicted octanol–water partition coefficient (Wildman–Crippen LogP) is 0.615. The van der Waals surface area contributed by atoms with Crippen LogP contribution in [0.5, 0.6) is 0 Å². The summed E-state index contributed by atoms with van der Waals surface area (Å²) in [4.78, 5) is 45.2. The van der Waals surface area contributed by atoms with Crippen LogP contribution in [0.4, 0.5) is 10.5 Å². The van der Waals surface area contributed by atoms with Gasteiger partial charge in [0.1, 0.15) is 6.33 Å². The van der Waals surface area contributed by atoms with Gasteiger partial charge in [0.2, 0.25) is 0 Å². The number of nitrogens with two attached hydrogens (primary N) is 1. The number of imide groups is 1. The molecule has 1 unspecified atom stereocenters. The number of esters is 1. The van der Waals surface area contributed by atoms with Gasteiger partial charge >= 0.3 is 12.0 Å². The van der Waals surface area contributed by atoms with Crippen molar-refractivity contribution in [2.45, 2.75) is 23.1 Å². The third-order valence-electron chi connectivity index (χ3n) is 3.16. The van der Waals surface area contributed by atoms with Crippen molar-refractivity contribution >= 4 is 35.4 Å². The van der Waals surface area contributed by atoms with Gasteiger partial charge in [0.05, 0.1) is 15.4 Å². The number of hydrogen-bond donors (Lipinski definition) is 2. The summed E-state index contributed by atoms with van der Waals surface area (Å²) in [6.07, 6.45) is 0.120. The molecule has 2 rings (SSSR count). The van der Waals surface area contributed by atoms with Gasteiger partial charge in [-0.05, 0) is 30.8 Å². The maximum atomic E-state index is 12.1. The maximum Gasteiger partial charge on any atom is 0.339 e. The maximum absolute atomic E-state index is 12.1. The number of urea groups is 1. The minimum atomic E-state index is -1.32. The highest BCUT2D eigenvalue weighted by atomic mass is 32.2. The molecule has 0 aliphatic carbocycles. The van der Waals surface area contributed by atoms with Crippen LogP contribution in [0.15, 0.2) is 34.6 Å². The van der Waals surface area contributed by atoms with Gasteiger partial charge in [-0.3, -0.25) is 20.2 Å². The van der Waals surface area contributed by atoms with Crippen molar-refractivity contribution in [3.63, 3.8) is 0 Å². The fourth-order valence-corrected chi connectivity index (χ4v) is 2.69. The third kappa shape index (κ3) is 5.01. The second kappa shape index (κ2) is 8.27. The molecule has 0 aliphatic heterocycles. The Bertz CT molecular complexity index is 913. The van der Waals surface area contributed by atoms with Crippen LogP contribution in [-0.2, 0) is 16.6 Å². The number of primary amides is 1. The molecule has 1 aromatic carbocycles. The second-order valence-corrected chi connectivity index (χ2v) is 6.18. The Hall–Kier alpha value is -3.48. The number of nitro groups is 1. The molecule has 12 nitrogen and oxygen atoms in total. The van der Waals surface area contributed by atoms with E-state index in [1.807, 2.05) is 0 Å². The van der Waals surface area contributed by atoms with Gasteiger partial charge in [-0.1, -0.05) is 0 Å². The molecule has 1 aromatic heterocycles. The zero-order valence-corrected chi connectivity index (χ0v) is 14.9. The Kier molecular flexibility index (Phi) is 6.07. The fourth-order valence-electron chi connectivity index (χ4n) is 1.84. The van der Waals surface area contributed by atoms with Crippen LogP contribution in [0.25, 0.3) is 0 Å². The van der Waals surface area contributed by atoms with Crippen LogP contribution in [0.3, 0.4) is 0 Å². The zero-order chi connectivity index (χ0) is 20.1. The number of amides is 3. The largest absolute Gasteiger partial charge is 0.449 e. The van der Waals surface area contributed by atoms with Crippen LogP contribution in [0.2, 0.25) is 0 Å². The smallest absolute Gasteiger partial charge is 0.339 e. The number of ether oxygens (including phenoxy) is 1. The first-order valence-corrected chi connectivity index (χ1v) is 8.12. The number of nitrogens with zero attached hydrogens (tertiary/aromatic N) is 4. The fraction of sp³-hybridized carbons (Fsp3) is 0.214. The first-order valence-electron chi connectivity index (χ1n) is 7.30. The summed E-state index contributed by atoms with van der Waals surface area (Å²) in [5.74, 6) is -1.89. The molecule has 0 spiro atoms. The number of carbonyl (C=O) groups excluding carboxylic acids is 3. The Morgan fingerprint density at radius 2 is 2.11 bits per heavy atom. The van der Waals surface area contributed by atoms with Crippen LogP contribution >= 0.6 is 11.8 Å². The minimum Gasteiger partial charge on any atom is -0.449 e. The lowest BCUT2D eigenvalue weighted by atomic mass is 10.2. The van der Waals surface area contributed by atoms with Crippen molar-refractivity contribution in [3.05, 3.63) is 40.2 Å². The van der Waals surface area contributed by atoms with E-state index in [0.29, 0.717) is 5.16 Å². The minimum absolute atomic E-state index is 0.136. The predicted molar refractivity (Wildman–Crippen MR) is 90.8 cm³/mol.